The van der Waals surface area contributed by atoms with E-state index in [1.807, 2.05) is 44.2 Å². The lowest BCUT2D eigenvalue weighted by atomic mass is 9.85. The average molecular weight is 482 g/mol. The van der Waals surface area contributed by atoms with Crippen LogP contribution in [0.2, 0.25) is 0 Å². The van der Waals surface area contributed by atoms with E-state index in [1.54, 1.807) is 0 Å². The Morgan fingerprint density at radius 2 is 1.55 bits per heavy atom. The summed E-state index contributed by atoms with van der Waals surface area (Å²) in [5, 5.41) is 2.10. The number of halogens is 1. The second-order valence-corrected chi connectivity index (χ2v) is 11.5. The van der Waals surface area contributed by atoms with Crippen LogP contribution in [-0.4, -0.2) is 20.5 Å². The number of carbonyl (C=O) groups excluding carboxylic acids is 2. The molecule has 1 aromatic heterocycles. The van der Waals surface area contributed by atoms with Gasteiger partial charge in [0.2, 0.25) is 0 Å². The maximum atomic E-state index is 13.0. The third kappa shape index (κ3) is 4.50. The van der Waals surface area contributed by atoms with Crippen LogP contribution in [0.4, 0.5) is 0 Å². The van der Waals surface area contributed by atoms with Crippen molar-refractivity contribution in [2.24, 2.45) is 5.92 Å². The minimum Gasteiger partial charge on any atom is -0.341 e. The van der Waals surface area contributed by atoms with Crippen LogP contribution < -0.4 is 0 Å². The highest BCUT2D eigenvalue weighted by atomic mass is 79.9. The Morgan fingerprint density at radius 1 is 0.968 bits per heavy atom. The molecule has 3 nitrogen and oxygen atoms in total. The minimum atomic E-state index is -0.607. The van der Waals surface area contributed by atoms with Crippen LogP contribution in [0.25, 0.3) is 21.8 Å². The fourth-order valence-corrected chi connectivity index (χ4v) is 5.29. The third-order valence-electron chi connectivity index (χ3n) is 6.81. The van der Waals surface area contributed by atoms with Gasteiger partial charge in [-0.05, 0) is 69.5 Å². The van der Waals surface area contributed by atoms with Gasteiger partial charge in [0.05, 0.1) is 4.32 Å². The number of hydrogen-bond acceptors (Lipinski definition) is 2. The van der Waals surface area contributed by atoms with E-state index in [0.29, 0.717) is 17.9 Å². The molecule has 2 aromatic carbocycles. The van der Waals surface area contributed by atoms with Gasteiger partial charge in [-0.25, -0.2) is 0 Å². The standard InChI is InChI=1S/C27H32BrNO2/c1-4-29-23-13-11-19(25(30)15-10-18-8-6-5-7-9-18)16-21(23)22-17-20(12-14-24(22)29)26(31)27(2,3)28/h11-14,16-18H,4-10,15H2,1-3H3. The molecule has 0 atom stereocenters. The molecule has 1 aliphatic rings. The molecule has 0 radical (unpaired) electrons. The van der Waals surface area contributed by atoms with E-state index in [0.717, 1.165) is 40.3 Å². The summed E-state index contributed by atoms with van der Waals surface area (Å²) in [6.45, 7) is 6.71. The van der Waals surface area contributed by atoms with Gasteiger partial charge >= 0.3 is 0 Å². The number of rotatable bonds is 7. The van der Waals surface area contributed by atoms with Crippen LogP contribution in [0.5, 0.6) is 0 Å². The molecular formula is C27H32BrNO2. The van der Waals surface area contributed by atoms with Crippen LogP contribution in [0.3, 0.4) is 0 Å². The largest absolute Gasteiger partial charge is 0.341 e. The molecule has 0 saturated heterocycles. The van der Waals surface area contributed by atoms with Crippen molar-refractivity contribution in [1.82, 2.24) is 4.57 Å². The lowest BCUT2D eigenvalue weighted by molar-refractivity contribution is 0.0957. The Kier molecular flexibility index (Phi) is 6.39. The van der Waals surface area contributed by atoms with Gasteiger partial charge in [0.25, 0.3) is 0 Å². The van der Waals surface area contributed by atoms with Crippen LogP contribution in [-0.2, 0) is 6.54 Å². The lowest BCUT2D eigenvalue weighted by Crippen LogP contribution is -2.23. The Balaban J connectivity index is 1.70. The normalized spacial score (nSPS) is 15.6. The molecule has 0 aliphatic heterocycles. The van der Waals surface area contributed by atoms with Crippen molar-refractivity contribution in [3.8, 4) is 0 Å². The van der Waals surface area contributed by atoms with E-state index in [9.17, 15) is 9.59 Å². The lowest BCUT2D eigenvalue weighted by Gasteiger charge is -2.20. The predicted octanol–water partition coefficient (Wildman–Crippen LogP) is 7.71. The van der Waals surface area contributed by atoms with Gasteiger partial charge in [0.15, 0.2) is 11.6 Å². The summed E-state index contributed by atoms with van der Waals surface area (Å²) in [7, 11) is 0. The number of benzene rings is 2. The van der Waals surface area contributed by atoms with Crippen molar-refractivity contribution in [3.63, 3.8) is 0 Å². The summed E-state index contributed by atoms with van der Waals surface area (Å²) >= 11 is 3.49. The number of aromatic nitrogens is 1. The highest BCUT2D eigenvalue weighted by Gasteiger charge is 2.26. The zero-order valence-electron chi connectivity index (χ0n) is 18.8. The van der Waals surface area contributed by atoms with Crippen LogP contribution in [0.15, 0.2) is 36.4 Å². The van der Waals surface area contributed by atoms with Crippen molar-refractivity contribution in [2.75, 3.05) is 0 Å². The Labute approximate surface area is 193 Å². The fraction of sp³-hybridized carbons (Fsp3) is 0.481. The van der Waals surface area contributed by atoms with Gasteiger partial charge in [-0.3, -0.25) is 9.59 Å². The summed E-state index contributed by atoms with van der Waals surface area (Å²) in [5.74, 6) is 1.01. The van der Waals surface area contributed by atoms with Crippen molar-refractivity contribution in [3.05, 3.63) is 47.5 Å². The predicted molar refractivity (Wildman–Crippen MR) is 133 cm³/mol. The van der Waals surface area contributed by atoms with Gasteiger partial charge in [-0.2, -0.15) is 0 Å². The van der Waals surface area contributed by atoms with Gasteiger partial charge in [0, 0.05) is 45.9 Å². The first-order chi connectivity index (χ1) is 14.8. The molecule has 0 spiro atoms. The molecule has 31 heavy (non-hydrogen) atoms. The topological polar surface area (TPSA) is 39.1 Å². The summed E-state index contributed by atoms with van der Waals surface area (Å²) in [6, 6.07) is 12.0. The molecule has 1 saturated carbocycles. The minimum absolute atomic E-state index is 0.0616. The molecule has 1 fully saturated rings. The van der Waals surface area contributed by atoms with Gasteiger partial charge in [-0.15, -0.1) is 0 Å². The molecular weight excluding hydrogens is 450 g/mol. The number of nitrogens with zero attached hydrogens (tertiary/aromatic N) is 1. The molecule has 4 heteroatoms. The first kappa shape index (κ1) is 22.3. The third-order valence-corrected chi connectivity index (χ3v) is 7.17. The Morgan fingerprint density at radius 3 is 2.13 bits per heavy atom. The first-order valence-corrected chi connectivity index (χ1v) is 12.4. The number of Topliss-reactive ketones (excluding diaryl/α,β-unsaturated/α-hetero) is 2. The van der Waals surface area contributed by atoms with E-state index in [4.69, 9.17) is 0 Å². The molecule has 4 rings (SSSR count). The highest BCUT2D eigenvalue weighted by molar-refractivity contribution is 9.10. The maximum Gasteiger partial charge on any atom is 0.178 e. The number of hydrogen-bond donors (Lipinski definition) is 0. The summed E-state index contributed by atoms with van der Waals surface area (Å²) in [6.07, 6.45) is 8.16. The zero-order valence-corrected chi connectivity index (χ0v) is 20.4. The van der Waals surface area contributed by atoms with E-state index in [2.05, 4.69) is 33.5 Å². The van der Waals surface area contributed by atoms with Crippen LogP contribution in [0.1, 0.15) is 86.4 Å². The molecule has 3 aromatic rings. The number of ketones is 2. The Hall–Kier alpha value is -1.94. The molecule has 0 N–H and O–H groups in total. The average Bonchev–Trinajstić information content (AvgIpc) is 3.09. The summed E-state index contributed by atoms with van der Waals surface area (Å²) < 4.78 is 1.65. The SMILES string of the molecule is CCn1c2ccc(C(=O)CCC3CCCCC3)cc2c2cc(C(=O)C(C)(C)Br)ccc21. The summed E-state index contributed by atoms with van der Waals surface area (Å²) in [5.41, 5.74) is 3.70. The number of carbonyl (C=O) groups is 2. The quantitative estimate of drug-likeness (QED) is 0.256. The van der Waals surface area contributed by atoms with Gasteiger partial charge in [-0.1, -0.05) is 48.0 Å². The number of aryl methyl sites for hydroxylation is 1. The molecule has 0 unspecified atom stereocenters. The van der Waals surface area contributed by atoms with E-state index in [-0.39, 0.29) is 11.6 Å². The highest BCUT2D eigenvalue weighted by Crippen LogP contribution is 2.33. The maximum absolute atomic E-state index is 13.0. The molecule has 164 valence electrons. The van der Waals surface area contributed by atoms with E-state index in [1.165, 1.54) is 32.1 Å². The van der Waals surface area contributed by atoms with Gasteiger partial charge < -0.3 is 4.57 Å². The van der Waals surface area contributed by atoms with Crippen LogP contribution >= 0.6 is 15.9 Å². The molecule has 0 amide bonds. The first-order valence-electron chi connectivity index (χ1n) is 11.6. The fourth-order valence-electron chi connectivity index (χ4n) is 5.06. The number of fused-ring (bicyclic) bond motifs is 3. The molecule has 0 bridgehead atoms. The molecule has 1 aliphatic carbocycles. The van der Waals surface area contributed by atoms with Crippen LogP contribution in [0, 0.1) is 5.92 Å². The second-order valence-electron chi connectivity index (χ2n) is 9.48. The smallest absolute Gasteiger partial charge is 0.178 e. The van der Waals surface area contributed by atoms with Crippen molar-refractivity contribution in [2.45, 2.75) is 76.6 Å². The number of alkyl halides is 1. The van der Waals surface area contributed by atoms with E-state index < -0.39 is 4.32 Å². The zero-order chi connectivity index (χ0) is 22.2. The van der Waals surface area contributed by atoms with Crippen molar-refractivity contribution >= 4 is 49.3 Å². The summed E-state index contributed by atoms with van der Waals surface area (Å²) in [4.78, 5) is 25.8. The van der Waals surface area contributed by atoms with Gasteiger partial charge in [0.1, 0.15) is 0 Å². The van der Waals surface area contributed by atoms with Crippen molar-refractivity contribution in [1.29, 1.82) is 0 Å². The van der Waals surface area contributed by atoms with Crippen molar-refractivity contribution < 1.29 is 9.59 Å². The second kappa shape index (κ2) is 8.90. The monoisotopic (exact) mass is 481 g/mol. The Bertz CT molecular complexity index is 1130. The van der Waals surface area contributed by atoms with E-state index >= 15 is 0 Å². The molecule has 1 heterocycles.